The van der Waals surface area contributed by atoms with E-state index in [2.05, 4.69) is 41.2 Å². The topological polar surface area (TPSA) is 9.23 Å². The van der Waals surface area contributed by atoms with Crippen LogP contribution in [0.3, 0.4) is 0 Å². The molecule has 0 unspecified atom stereocenters. The van der Waals surface area contributed by atoms with Crippen molar-refractivity contribution in [1.82, 2.24) is 0 Å². The molecule has 0 saturated carbocycles. The van der Waals surface area contributed by atoms with Crippen molar-refractivity contribution in [3.05, 3.63) is 36.1 Å². The molecule has 0 atom stereocenters. The highest BCUT2D eigenvalue weighted by molar-refractivity contribution is 5.19. The average molecular weight is 224 g/mol. The lowest BCUT2D eigenvalue weighted by molar-refractivity contribution is 0.0389. The van der Waals surface area contributed by atoms with Crippen molar-refractivity contribution >= 4 is 0 Å². The first-order valence-corrected chi connectivity index (χ1v) is 6.08. The maximum Gasteiger partial charge on any atom is 0.119 e. The number of hydrogen-bond acceptors (Lipinski definition) is 1. The highest BCUT2D eigenvalue weighted by atomic mass is 16.5. The molecule has 0 spiro atoms. The molecule has 0 aromatic carbocycles. The summed E-state index contributed by atoms with van der Waals surface area (Å²) in [5.41, 5.74) is 1.14. The van der Waals surface area contributed by atoms with Gasteiger partial charge in [0.15, 0.2) is 0 Å². The van der Waals surface area contributed by atoms with Crippen LogP contribution in [0, 0.1) is 0 Å². The molecule has 0 saturated heterocycles. The first-order chi connectivity index (χ1) is 7.41. The summed E-state index contributed by atoms with van der Waals surface area (Å²) < 4.78 is 5.79. The molecule has 0 fully saturated rings. The van der Waals surface area contributed by atoms with Crippen molar-refractivity contribution in [1.29, 1.82) is 0 Å². The van der Waals surface area contributed by atoms with Gasteiger partial charge in [-0.25, -0.2) is 0 Å². The molecule has 16 heavy (non-hydrogen) atoms. The molecule has 0 aliphatic rings. The third kappa shape index (κ3) is 9.57. The highest BCUT2D eigenvalue weighted by Crippen LogP contribution is 2.18. The average Bonchev–Trinajstić information content (AvgIpc) is 2.26. The van der Waals surface area contributed by atoms with Gasteiger partial charge >= 0.3 is 0 Å². The Morgan fingerprint density at radius 1 is 1.19 bits per heavy atom. The van der Waals surface area contributed by atoms with Gasteiger partial charge in [0.05, 0.1) is 0 Å². The predicted octanol–water partition coefficient (Wildman–Crippen LogP) is 5.25. The Kier molecular flexibility index (Phi) is 10.1. The van der Waals surface area contributed by atoms with E-state index >= 15 is 0 Å². The zero-order chi connectivity index (χ0) is 13.2. The lowest BCUT2D eigenvalue weighted by Crippen LogP contribution is -2.22. The molecular weight excluding hydrogens is 196 g/mol. The van der Waals surface area contributed by atoms with E-state index in [0.29, 0.717) is 0 Å². The summed E-state index contributed by atoms with van der Waals surface area (Å²) in [6, 6.07) is 0. The van der Waals surface area contributed by atoms with E-state index in [4.69, 9.17) is 4.74 Å². The minimum Gasteiger partial charge on any atom is -0.488 e. The smallest absolute Gasteiger partial charge is 0.119 e. The number of hydrogen-bond donors (Lipinski definition) is 0. The third-order valence-electron chi connectivity index (χ3n) is 2.03. The van der Waals surface area contributed by atoms with Crippen LogP contribution >= 0.6 is 0 Å². The number of rotatable bonds is 5. The van der Waals surface area contributed by atoms with Crippen LogP contribution in [-0.2, 0) is 4.74 Å². The van der Waals surface area contributed by atoms with Gasteiger partial charge in [0.2, 0.25) is 0 Å². The van der Waals surface area contributed by atoms with Crippen molar-refractivity contribution in [3.63, 3.8) is 0 Å². The van der Waals surface area contributed by atoms with Gasteiger partial charge in [0.1, 0.15) is 11.4 Å². The minimum atomic E-state index is -0.116. The van der Waals surface area contributed by atoms with E-state index < -0.39 is 0 Å². The fourth-order valence-corrected chi connectivity index (χ4v) is 0.784. The Bertz CT molecular complexity index is 240. The summed E-state index contributed by atoms with van der Waals surface area (Å²) in [5.74, 6) is 0.832. The molecular formula is C15H28O. The van der Waals surface area contributed by atoms with Crippen LogP contribution in [0.15, 0.2) is 36.1 Å². The summed E-state index contributed by atoms with van der Waals surface area (Å²) in [4.78, 5) is 0. The SMILES string of the molecule is C=C/C(=C\C=C(C)C)OC(C)(C)CC.CC. The molecule has 0 aliphatic carbocycles. The second-order valence-electron chi connectivity index (χ2n) is 4.23. The molecule has 0 aliphatic heterocycles. The summed E-state index contributed by atoms with van der Waals surface area (Å²) in [6.45, 7) is 18.1. The number of ether oxygens (including phenoxy) is 1. The van der Waals surface area contributed by atoms with E-state index in [1.54, 1.807) is 6.08 Å². The van der Waals surface area contributed by atoms with Crippen LogP contribution in [0.4, 0.5) is 0 Å². The molecule has 1 heteroatoms. The van der Waals surface area contributed by atoms with Crippen LogP contribution in [0.2, 0.25) is 0 Å². The largest absolute Gasteiger partial charge is 0.488 e. The van der Waals surface area contributed by atoms with E-state index in [-0.39, 0.29) is 5.60 Å². The fraction of sp³-hybridized carbons (Fsp3) is 0.600. The minimum absolute atomic E-state index is 0.116. The van der Waals surface area contributed by atoms with Crippen molar-refractivity contribution < 1.29 is 4.74 Å². The normalized spacial score (nSPS) is 11.1. The quantitative estimate of drug-likeness (QED) is 0.457. The van der Waals surface area contributed by atoms with Crippen LogP contribution in [0.25, 0.3) is 0 Å². The van der Waals surface area contributed by atoms with Crippen molar-refractivity contribution in [3.8, 4) is 0 Å². The summed E-state index contributed by atoms with van der Waals surface area (Å²) >= 11 is 0. The number of allylic oxidation sites excluding steroid dienone is 4. The van der Waals surface area contributed by atoms with E-state index in [9.17, 15) is 0 Å². The molecule has 0 amide bonds. The molecule has 0 aromatic heterocycles. The zero-order valence-electron chi connectivity index (χ0n) is 12.1. The van der Waals surface area contributed by atoms with Crippen molar-refractivity contribution in [2.45, 2.75) is 60.5 Å². The first-order valence-electron chi connectivity index (χ1n) is 6.08. The summed E-state index contributed by atoms with van der Waals surface area (Å²) in [6.07, 6.45) is 6.71. The summed E-state index contributed by atoms with van der Waals surface area (Å²) in [7, 11) is 0. The highest BCUT2D eigenvalue weighted by Gasteiger charge is 2.16. The Hall–Kier alpha value is -0.980. The lowest BCUT2D eigenvalue weighted by atomic mass is 10.1. The van der Waals surface area contributed by atoms with E-state index in [1.807, 2.05) is 26.0 Å². The van der Waals surface area contributed by atoms with Crippen LogP contribution in [0.1, 0.15) is 54.9 Å². The Labute approximate surface area is 102 Å². The van der Waals surface area contributed by atoms with Crippen LogP contribution < -0.4 is 0 Å². The Balaban J connectivity index is 0. The van der Waals surface area contributed by atoms with Gasteiger partial charge in [-0.1, -0.05) is 39.0 Å². The van der Waals surface area contributed by atoms with Crippen LogP contribution in [-0.4, -0.2) is 5.60 Å². The van der Waals surface area contributed by atoms with Crippen LogP contribution in [0.5, 0.6) is 0 Å². The molecule has 0 aromatic rings. The van der Waals surface area contributed by atoms with Crippen molar-refractivity contribution in [2.75, 3.05) is 0 Å². The van der Waals surface area contributed by atoms with Gasteiger partial charge in [0.25, 0.3) is 0 Å². The fourth-order valence-electron chi connectivity index (χ4n) is 0.784. The van der Waals surface area contributed by atoms with Gasteiger partial charge in [-0.05, 0) is 46.3 Å². The van der Waals surface area contributed by atoms with Crippen molar-refractivity contribution in [2.24, 2.45) is 0 Å². The standard InChI is InChI=1S/C13H22O.C2H6/c1-7-12(10-9-11(3)4)14-13(5,6)8-2;1-2/h7,9-10H,1,8H2,2-6H3;1-2H3/b12-10+;. The first kappa shape index (κ1) is 17.4. The van der Waals surface area contributed by atoms with Gasteiger partial charge in [-0.15, -0.1) is 0 Å². The van der Waals surface area contributed by atoms with E-state index in [0.717, 1.165) is 12.2 Å². The third-order valence-corrected chi connectivity index (χ3v) is 2.03. The molecule has 0 radical (unpaired) electrons. The van der Waals surface area contributed by atoms with Gasteiger partial charge in [0, 0.05) is 0 Å². The maximum absolute atomic E-state index is 5.79. The van der Waals surface area contributed by atoms with Gasteiger partial charge < -0.3 is 4.74 Å². The molecule has 0 heterocycles. The molecule has 0 bridgehead atoms. The van der Waals surface area contributed by atoms with Gasteiger partial charge in [-0.2, -0.15) is 0 Å². The summed E-state index contributed by atoms with van der Waals surface area (Å²) in [5, 5.41) is 0. The molecule has 0 rings (SSSR count). The Morgan fingerprint density at radius 3 is 2.00 bits per heavy atom. The predicted molar refractivity (Wildman–Crippen MR) is 74.5 cm³/mol. The second kappa shape index (κ2) is 9.26. The molecule has 0 N–H and O–H groups in total. The monoisotopic (exact) mass is 224 g/mol. The Morgan fingerprint density at radius 2 is 1.69 bits per heavy atom. The maximum atomic E-state index is 5.79. The molecule has 94 valence electrons. The zero-order valence-corrected chi connectivity index (χ0v) is 12.1. The van der Waals surface area contributed by atoms with E-state index in [1.165, 1.54) is 5.57 Å². The molecule has 1 nitrogen and oxygen atoms in total. The van der Waals surface area contributed by atoms with Gasteiger partial charge in [-0.3, -0.25) is 0 Å². The lowest BCUT2D eigenvalue weighted by Gasteiger charge is -2.25. The second-order valence-corrected chi connectivity index (χ2v) is 4.23.